The molecule has 2 aliphatic heterocycles. The van der Waals surface area contributed by atoms with Crippen molar-refractivity contribution in [2.24, 2.45) is 10.9 Å². The van der Waals surface area contributed by atoms with Crippen LogP contribution in [0.2, 0.25) is 0 Å². The third-order valence-electron chi connectivity index (χ3n) is 4.29. The van der Waals surface area contributed by atoms with Gasteiger partial charge in [-0.25, -0.2) is 0 Å². The van der Waals surface area contributed by atoms with Crippen molar-refractivity contribution in [3.05, 3.63) is 0 Å². The van der Waals surface area contributed by atoms with Crippen LogP contribution in [0, 0.1) is 5.92 Å². The van der Waals surface area contributed by atoms with Crippen LogP contribution in [0.25, 0.3) is 0 Å². The third-order valence-corrected chi connectivity index (χ3v) is 5.63. The van der Waals surface area contributed by atoms with Crippen LogP contribution in [0.15, 0.2) is 4.99 Å². The molecule has 2 unspecified atom stereocenters. The zero-order chi connectivity index (χ0) is 12.5. The number of hydrogen-bond acceptors (Lipinski definition) is 5. The third kappa shape index (κ3) is 3.00. The highest BCUT2D eigenvalue weighted by Gasteiger charge is 2.35. The molecule has 0 radical (unpaired) electrons. The molecule has 1 saturated heterocycles. The van der Waals surface area contributed by atoms with Gasteiger partial charge in [-0.3, -0.25) is 9.89 Å². The van der Waals surface area contributed by atoms with Gasteiger partial charge in [-0.2, -0.15) is 0 Å². The molecule has 1 aliphatic carbocycles. The molecule has 0 aromatic heterocycles. The molecule has 18 heavy (non-hydrogen) atoms. The lowest BCUT2D eigenvalue weighted by atomic mass is 10.2. The van der Waals surface area contributed by atoms with Crippen molar-refractivity contribution < 1.29 is 0 Å². The van der Waals surface area contributed by atoms with E-state index >= 15 is 0 Å². The lowest BCUT2D eigenvalue weighted by Crippen LogP contribution is -2.54. The number of thioether (sulfide) groups is 1. The van der Waals surface area contributed by atoms with Gasteiger partial charge in [0.1, 0.15) is 0 Å². The second-order valence-corrected chi connectivity index (χ2v) is 7.15. The summed E-state index contributed by atoms with van der Waals surface area (Å²) in [6.45, 7) is 5.59. The lowest BCUT2D eigenvalue weighted by Gasteiger charge is -2.37. The van der Waals surface area contributed by atoms with Crippen LogP contribution < -0.4 is 5.32 Å². The Balaban J connectivity index is 1.43. The molecule has 0 spiro atoms. The minimum absolute atomic E-state index is 0.618. The Labute approximate surface area is 114 Å². The van der Waals surface area contributed by atoms with Gasteiger partial charge in [-0.15, -0.1) is 0 Å². The standard InChI is InChI=1S/C13H24N4S/c1-16-5-6-17(2)11(9-16)7-14-13-15-8-12(18-13)10-3-4-10/h10-12H,3-9H2,1-2H3,(H,14,15). The Bertz CT molecular complexity index is 329. The van der Waals surface area contributed by atoms with Gasteiger partial charge in [0, 0.05) is 37.5 Å². The summed E-state index contributed by atoms with van der Waals surface area (Å²) in [5, 5.41) is 5.53. The molecule has 1 saturated carbocycles. The number of nitrogens with one attached hydrogen (secondary N) is 1. The van der Waals surface area contributed by atoms with Crippen molar-refractivity contribution in [1.82, 2.24) is 15.1 Å². The van der Waals surface area contributed by atoms with Crippen LogP contribution in [-0.4, -0.2) is 73.1 Å². The molecule has 4 nitrogen and oxygen atoms in total. The summed E-state index contributed by atoms with van der Waals surface area (Å²) < 4.78 is 0. The number of nitrogens with zero attached hydrogens (tertiary/aromatic N) is 3. The van der Waals surface area contributed by atoms with E-state index in [0.717, 1.165) is 30.8 Å². The Kier molecular flexibility index (Phi) is 3.82. The Morgan fingerprint density at radius 2 is 2.17 bits per heavy atom. The number of aliphatic imine (C=N–C) groups is 1. The summed E-state index contributed by atoms with van der Waals surface area (Å²) >= 11 is 1.98. The van der Waals surface area contributed by atoms with E-state index in [9.17, 15) is 0 Å². The van der Waals surface area contributed by atoms with Crippen LogP contribution in [0.5, 0.6) is 0 Å². The second kappa shape index (κ2) is 5.39. The average molecular weight is 268 g/mol. The summed E-state index contributed by atoms with van der Waals surface area (Å²) in [5.74, 6) is 0.960. The largest absolute Gasteiger partial charge is 0.363 e. The van der Waals surface area contributed by atoms with E-state index in [1.165, 1.54) is 31.1 Å². The minimum Gasteiger partial charge on any atom is -0.363 e. The van der Waals surface area contributed by atoms with E-state index in [1.54, 1.807) is 0 Å². The Hall–Kier alpha value is -0.260. The second-order valence-electron chi connectivity index (χ2n) is 5.92. The van der Waals surface area contributed by atoms with Crippen molar-refractivity contribution in [2.45, 2.75) is 24.1 Å². The maximum atomic E-state index is 4.64. The molecule has 2 heterocycles. The number of rotatable bonds is 3. The Morgan fingerprint density at radius 3 is 2.94 bits per heavy atom. The van der Waals surface area contributed by atoms with E-state index in [4.69, 9.17) is 0 Å². The van der Waals surface area contributed by atoms with Gasteiger partial charge in [-0.1, -0.05) is 11.8 Å². The summed E-state index contributed by atoms with van der Waals surface area (Å²) in [4.78, 5) is 9.53. The SMILES string of the molecule is CN1CCN(C)C(CNC2=NCC(C3CC3)S2)C1. The van der Waals surface area contributed by atoms with E-state index in [0.29, 0.717) is 6.04 Å². The summed E-state index contributed by atoms with van der Waals surface area (Å²) in [5.41, 5.74) is 0. The Morgan fingerprint density at radius 1 is 1.33 bits per heavy atom. The van der Waals surface area contributed by atoms with Crippen LogP contribution in [-0.2, 0) is 0 Å². The molecule has 0 bridgehead atoms. The van der Waals surface area contributed by atoms with Gasteiger partial charge in [0.05, 0.1) is 6.54 Å². The molecule has 3 aliphatic rings. The zero-order valence-corrected chi connectivity index (χ0v) is 12.2. The maximum absolute atomic E-state index is 4.64. The van der Waals surface area contributed by atoms with Gasteiger partial charge in [0.15, 0.2) is 5.17 Å². The first-order chi connectivity index (χ1) is 8.72. The number of likely N-dealkylation sites (N-methyl/N-ethyl adjacent to an activating group) is 2. The predicted octanol–water partition coefficient (Wildman–Crippen LogP) is 0.703. The van der Waals surface area contributed by atoms with E-state index < -0.39 is 0 Å². The molecule has 0 amide bonds. The molecule has 1 N–H and O–H groups in total. The normalized spacial score (nSPS) is 34.7. The molecule has 3 rings (SSSR count). The zero-order valence-electron chi connectivity index (χ0n) is 11.4. The molecule has 0 aromatic carbocycles. The summed E-state index contributed by atoms with van der Waals surface area (Å²) in [7, 11) is 4.45. The fourth-order valence-electron chi connectivity index (χ4n) is 2.73. The minimum atomic E-state index is 0.618. The number of amidine groups is 1. The van der Waals surface area contributed by atoms with Crippen LogP contribution in [0.3, 0.4) is 0 Å². The molecular weight excluding hydrogens is 244 g/mol. The first-order valence-corrected chi connectivity index (χ1v) is 7.94. The lowest BCUT2D eigenvalue weighted by molar-refractivity contribution is 0.116. The molecular formula is C13H24N4S. The van der Waals surface area contributed by atoms with Gasteiger partial charge in [-0.05, 0) is 32.9 Å². The van der Waals surface area contributed by atoms with Gasteiger partial charge < -0.3 is 10.2 Å². The van der Waals surface area contributed by atoms with E-state index in [2.05, 4.69) is 34.2 Å². The van der Waals surface area contributed by atoms with Gasteiger partial charge >= 0.3 is 0 Å². The van der Waals surface area contributed by atoms with Crippen molar-refractivity contribution >= 4 is 16.9 Å². The number of hydrogen-bond donors (Lipinski definition) is 1. The van der Waals surface area contributed by atoms with Crippen molar-refractivity contribution in [3.8, 4) is 0 Å². The van der Waals surface area contributed by atoms with Crippen molar-refractivity contribution in [3.63, 3.8) is 0 Å². The maximum Gasteiger partial charge on any atom is 0.156 e. The highest BCUT2D eigenvalue weighted by atomic mass is 32.2. The molecule has 2 fully saturated rings. The molecule has 5 heteroatoms. The monoisotopic (exact) mass is 268 g/mol. The van der Waals surface area contributed by atoms with Crippen molar-refractivity contribution in [1.29, 1.82) is 0 Å². The molecule has 2 atom stereocenters. The predicted molar refractivity (Wildman–Crippen MR) is 78.3 cm³/mol. The fourth-order valence-corrected chi connectivity index (χ4v) is 3.94. The fraction of sp³-hybridized carbons (Fsp3) is 0.923. The average Bonchev–Trinajstić information content (AvgIpc) is 3.10. The first-order valence-electron chi connectivity index (χ1n) is 7.06. The summed E-state index contributed by atoms with van der Waals surface area (Å²) in [6.07, 6.45) is 2.85. The van der Waals surface area contributed by atoms with E-state index in [1.807, 2.05) is 11.8 Å². The molecule has 102 valence electrons. The van der Waals surface area contributed by atoms with Crippen molar-refractivity contribution in [2.75, 3.05) is 46.8 Å². The topological polar surface area (TPSA) is 30.9 Å². The van der Waals surface area contributed by atoms with E-state index in [-0.39, 0.29) is 0 Å². The highest BCUT2D eigenvalue weighted by molar-refractivity contribution is 8.14. The van der Waals surface area contributed by atoms with Crippen LogP contribution in [0.1, 0.15) is 12.8 Å². The van der Waals surface area contributed by atoms with Crippen LogP contribution in [0.4, 0.5) is 0 Å². The molecule has 0 aromatic rings. The number of piperazine rings is 1. The summed E-state index contributed by atoms with van der Waals surface area (Å²) in [6, 6.07) is 0.618. The van der Waals surface area contributed by atoms with Gasteiger partial charge in [0.2, 0.25) is 0 Å². The van der Waals surface area contributed by atoms with Gasteiger partial charge in [0.25, 0.3) is 0 Å². The quantitative estimate of drug-likeness (QED) is 0.816. The van der Waals surface area contributed by atoms with Crippen LogP contribution >= 0.6 is 11.8 Å². The first kappa shape index (κ1) is 12.8. The highest BCUT2D eigenvalue weighted by Crippen LogP contribution is 2.41. The smallest absolute Gasteiger partial charge is 0.156 e.